The Balaban J connectivity index is 1.43. The van der Waals surface area contributed by atoms with E-state index in [1.807, 2.05) is 0 Å². The Morgan fingerprint density at radius 2 is 1.93 bits per heavy atom. The molecule has 0 unspecified atom stereocenters. The molecule has 1 N–H and O–H groups in total. The van der Waals surface area contributed by atoms with Gasteiger partial charge in [0.2, 0.25) is 0 Å². The molecule has 5 rings (SSSR count). The Morgan fingerprint density at radius 1 is 1.14 bits per heavy atom. The van der Waals surface area contributed by atoms with Crippen molar-refractivity contribution < 1.29 is 9.53 Å². The normalized spacial score (nSPS) is 21.2. The first-order chi connectivity index (χ1) is 13.6. The van der Waals surface area contributed by atoms with Gasteiger partial charge in [-0.2, -0.15) is 0 Å². The van der Waals surface area contributed by atoms with Crippen LogP contribution in [0.5, 0.6) is 5.75 Å². The maximum atomic E-state index is 12.6. The van der Waals surface area contributed by atoms with Crippen LogP contribution in [0.1, 0.15) is 55.6 Å². The number of hydrogen-bond donors (Lipinski definition) is 1. The average Bonchev–Trinajstić information content (AvgIpc) is 3.45. The summed E-state index contributed by atoms with van der Waals surface area (Å²) in [5, 5.41) is 4.25. The lowest BCUT2D eigenvalue weighted by Gasteiger charge is -2.34. The zero-order valence-corrected chi connectivity index (χ0v) is 17.0. The summed E-state index contributed by atoms with van der Waals surface area (Å²) in [7, 11) is 0. The molecule has 3 aliphatic rings. The lowest BCUT2D eigenvalue weighted by atomic mass is 10.0. The van der Waals surface area contributed by atoms with Gasteiger partial charge in [0, 0.05) is 43.1 Å². The highest BCUT2D eigenvalue weighted by Crippen LogP contribution is 2.39. The van der Waals surface area contributed by atoms with E-state index in [0.29, 0.717) is 18.7 Å². The quantitative estimate of drug-likeness (QED) is 0.861. The van der Waals surface area contributed by atoms with E-state index in [0.717, 1.165) is 56.3 Å². The molecule has 1 aromatic carbocycles. The van der Waals surface area contributed by atoms with Gasteiger partial charge in [0.1, 0.15) is 17.5 Å². The predicted octanol–water partition coefficient (Wildman–Crippen LogP) is 3.59. The van der Waals surface area contributed by atoms with E-state index < -0.39 is 0 Å². The monoisotopic (exact) mass is 381 g/mol. The van der Waals surface area contributed by atoms with E-state index in [2.05, 4.69) is 46.8 Å². The first-order valence-electron chi connectivity index (χ1n) is 10.9. The van der Waals surface area contributed by atoms with Crippen molar-refractivity contribution in [1.82, 2.24) is 14.8 Å². The molecule has 2 aromatic rings. The molecule has 0 atom stereocenters. The first kappa shape index (κ1) is 18.0. The van der Waals surface area contributed by atoms with E-state index in [9.17, 15) is 4.79 Å². The van der Waals surface area contributed by atoms with E-state index >= 15 is 0 Å². The standard InChI is InChI=1S/C23H31N3O2/c1-15(2)25-10-7-17(8-11-25)28-18-5-6-21-19(14-18)20(13-16-3-4-16)22-23(27)24-9-12-26(21)22/h5-6,14-17H,3-4,7-13H2,1-2H3,(H,24,27). The number of likely N-dealkylation sites (tertiary alicyclic amines) is 1. The number of hydrogen-bond acceptors (Lipinski definition) is 3. The average molecular weight is 382 g/mol. The molecule has 2 aliphatic heterocycles. The fourth-order valence-electron chi connectivity index (χ4n) is 4.85. The molecule has 1 aromatic heterocycles. The number of benzene rings is 1. The maximum absolute atomic E-state index is 12.6. The van der Waals surface area contributed by atoms with E-state index in [1.165, 1.54) is 29.3 Å². The highest BCUT2D eigenvalue weighted by molar-refractivity contribution is 6.02. The van der Waals surface area contributed by atoms with Gasteiger partial charge >= 0.3 is 0 Å². The SMILES string of the molecule is CC(C)N1CCC(Oc2ccc3c(c2)c(CC2CC2)c2n3CCNC2=O)CC1. The van der Waals surface area contributed by atoms with E-state index in [4.69, 9.17) is 4.74 Å². The van der Waals surface area contributed by atoms with Crippen LogP contribution in [-0.4, -0.2) is 47.2 Å². The van der Waals surface area contributed by atoms with Crippen LogP contribution in [0.25, 0.3) is 10.9 Å². The molecular formula is C23H31N3O2. The zero-order chi connectivity index (χ0) is 19.3. The largest absolute Gasteiger partial charge is 0.490 e. The Morgan fingerprint density at radius 3 is 2.64 bits per heavy atom. The van der Waals surface area contributed by atoms with Gasteiger partial charge in [-0.1, -0.05) is 0 Å². The second kappa shape index (κ2) is 7.11. The molecule has 1 amide bonds. The molecule has 0 bridgehead atoms. The topological polar surface area (TPSA) is 46.5 Å². The van der Waals surface area contributed by atoms with Gasteiger partial charge in [-0.25, -0.2) is 0 Å². The van der Waals surface area contributed by atoms with Gasteiger partial charge < -0.3 is 19.5 Å². The minimum absolute atomic E-state index is 0.0848. The Bertz CT molecular complexity index is 889. The molecule has 28 heavy (non-hydrogen) atoms. The van der Waals surface area contributed by atoms with Crippen molar-refractivity contribution in [2.45, 2.75) is 64.6 Å². The van der Waals surface area contributed by atoms with Crippen molar-refractivity contribution in [1.29, 1.82) is 0 Å². The summed E-state index contributed by atoms with van der Waals surface area (Å²) in [6.45, 7) is 8.32. The van der Waals surface area contributed by atoms with Crippen LogP contribution in [0.2, 0.25) is 0 Å². The van der Waals surface area contributed by atoms with Gasteiger partial charge in [-0.15, -0.1) is 0 Å². The summed E-state index contributed by atoms with van der Waals surface area (Å²) in [4.78, 5) is 15.1. The number of nitrogens with zero attached hydrogens (tertiary/aromatic N) is 2. The summed E-state index contributed by atoms with van der Waals surface area (Å²) >= 11 is 0. The number of fused-ring (bicyclic) bond motifs is 3. The van der Waals surface area contributed by atoms with Crippen LogP contribution in [-0.2, 0) is 13.0 Å². The molecule has 1 aliphatic carbocycles. The van der Waals surface area contributed by atoms with Gasteiger partial charge in [0.25, 0.3) is 5.91 Å². The van der Waals surface area contributed by atoms with E-state index in [1.54, 1.807) is 0 Å². The number of amides is 1. The number of nitrogens with one attached hydrogen (secondary N) is 1. The van der Waals surface area contributed by atoms with Crippen LogP contribution < -0.4 is 10.1 Å². The summed E-state index contributed by atoms with van der Waals surface area (Å²) in [6.07, 6.45) is 6.05. The molecule has 150 valence electrons. The first-order valence-corrected chi connectivity index (χ1v) is 10.9. The number of carbonyl (C=O) groups is 1. The summed E-state index contributed by atoms with van der Waals surface area (Å²) in [6, 6.07) is 7.06. The third kappa shape index (κ3) is 3.30. The number of rotatable bonds is 5. The van der Waals surface area contributed by atoms with Crippen molar-refractivity contribution in [3.05, 3.63) is 29.5 Å². The van der Waals surface area contributed by atoms with Crippen LogP contribution in [0.4, 0.5) is 0 Å². The minimum atomic E-state index is 0.0848. The van der Waals surface area contributed by atoms with Crippen molar-refractivity contribution in [3.63, 3.8) is 0 Å². The second-order valence-corrected chi connectivity index (χ2v) is 9.01. The third-order valence-corrected chi connectivity index (χ3v) is 6.68. The van der Waals surface area contributed by atoms with Crippen LogP contribution in [0, 0.1) is 5.92 Å². The lowest BCUT2D eigenvalue weighted by molar-refractivity contribution is 0.0844. The molecule has 0 radical (unpaired) electrons. The van der Waals surface area contributed by atoms with Crippen LogP contribution in [0.3, 0.4) is 0 Å². The Labute approximate surface area is 167 Å². The highest BCUT2D eigenvalue weighted by atomic mass is 16.5. The van der Waals surface area contributed by atoms with Gasteiger partial charge in [-0.05, 0) is 75.6 Å². The smallest absolute Gasteiger partial charge is 0.268 e. The Kier molecular flexibility index (Phi) is 4.58. The van der Waals surface area contributed by atoms with Crippen LogP contribution in [0.15, 0.2) is 18.2 Å². The number of piperidine rings is 1. The fourth-order valence-corrected chi connectivity index (χ4v) is 4.85. The molecule has 3 heterocycles. The van der Waals surface area contributed by atoms with Crippen molar-refractivity contribution in [2.75, 3.05) is 19.6 Å². The Hall–Kier alpha value is -2.01. The highest BCUT2D eigenvalue weighted by Gasteiger charge is 2.31. The third-order valence-electron chi connectivity index (χ3n) is 6.68. The zero-order valence-electron chi connectivity index (χ0n) is 17.0. The molecule has 2 fully saturated rings. The fraction of sp³-hybridized carbons (Fsp3) is 0.609. The minimum Gasteiger partial charge on any atom is -0.490 e. The maximum Gasteiger partial charge on any atom is 0.268 e. The molecule has 5 heteroatoms. The number of aromatic nitrogens is 1. The van der Waals surface area contributed by atoms with Crippen molar-refractivity contribution in [3.8, 4) is 5.75 Å². The van der Waals surface area contributed by atoms with Crippen LogP contribution >= 0.6 is 0 Å². The summed E-state index contributed by atoms with van der Waals surface area (Å²) in [5.74, 6) is 1.78. The molecule has 1 saturated heterocycles. The molecule has 1 saturated carbocycles. The van der Waals surface area contributed by atoms with Gasteiger partial charge in [-0.3, -0.25) is 4.79 Å². The van der Waals surface area contributed by atoms with Crippen molar-refractivity contribution in [2.24, 2.45) is 5.92 Å². The number of ether oxygens (including phenoxy) is 1. The summed E-state index contributed by atoms with van der Waals surface area (Å²) in [5.41, 5.74) is 3.30. The summed E-state index contributed by atoms with van der Waals surface area (Å²) < 4.78 is 8.61. The predicted molar refractivity (Wildman–Crippen MR) is 111 cm³/mol. The van der Waals surface area contributed by atoms with Gasteiger partial charge in [0.15, 0.2) is 0 Å². The lowest BCUT2D eigenvalue weighted by Crippen LogP contribution is -2.41. The van der Waals surface area contributed by atoms with Gasteiger partial charge in [0.05, 0.1) is 0 Å². The molecule has 0 spiro atoms. The van der Waals surface area contributed by atoms with Crippen molar-refractivity contribution >= 4 is 16.8 Å². The van der Waals surface area contributed by atoms with E-state index in [-0.39, 0.29) is 5.91 Å². The number of carbonyl (C=O) groups excluding carboxylic acids is 1. The second-order valence-electron chi connectivity index (χ2n) is 9.01. The molecule has 5 nitrogen and oxygen atoms in total. The molecular weight excluding hydrogens is 350 g/mol.